The van der Waals surface area contributed by atoms with Crippen molar-refractivity contribution in [3.05, 3.63) is 46.6 Å². The largest absolute Gasteiger partial charge is 0.393 e. The number of fused-ring (bicyclic) bond motifs is 2. The molecule has 0 aromatic carbocycles. The van der Waals surface area contributed by atoms with Crippen molar-refractivity contribution in [1.29, 1.82) is 0 Å². The first-order chi connectivity index (χ1) is 14.0. The van der Waals surface area contributed by atoms with Gasteiger partial charge in [0.2, 0.25) is 5.95 Å². The third-order valence-electron chi connectivity index (χ3n) is 5.84. The second-order valence-corrected chi connectivity index (χ2v) is 7.74. The quantitative estimate of drug-likeness (QED) is 0.484. The Morgan fingerprint density at radius 1 is 1.21 bits per heavy atom. The number of nitrogens with two attached hydrogens (primary N) is 1. The highest BCUT2D eigenvalue weighted by atomic mass is 16.3. The van der Waals surface area contributed by atoms with Crippen LogP contribution in [0.1, 0.15) is 37.4 Å². The second-order valence-electron chi connectivity index (χ2n) is 7.74. The van der Waals surface area contributed by atoms with Gasteiger partial charge in [0, 0.05) is 40.3 Å². The number of pyridine rings is 2. The number of aliphatic hydroxyl groups is 1. The molecule has 0 atom stereocenters. The molecule has 8 nitrogen and oxygen atoms in total. The van der Waals surface area contributed by atoms with Crippen molar-refractivity contribution in [2.24, 2.45) is 0 Å². The van der Waals surface area contributed by atoms with E-state index in [2.05, 4.69) is 19.9 Å². The van der Waals surface area contributed by atoms with Crippen LogP contribution in [0.5, 0.6) is 0 Å². The van der Waals surface area contributed by atoms with E-state index in [1.807, 2.05) is 31.3 Å². The maximum atomic E-state index is 13.6. The number of nitrogens with one attached hydrogen (secondary N) is 1. The molecule has 4 aromatic heterocycles. The van der Waals surface area contributed by atoms with E-state index in [0.717, 1.165) is 40.5 Å². The summed E-state index contributed by atoms with van der Waals surface area (Å²) in [5.41, 5.74) is 9.17. The van der Waals surface area contributed by atoms with Crippen molar-refractivity contribution in [3.63, 3.8) is 0 Å². The fourth-order valence-corrected chi connectivity index (χ4v) is 4.32. The molecule has 0 aliphatic heterocycles. The molecule has 5 rings (SSSR count). The summed E-state index contributed by atoms with van der Waals surface area (Å²) in [7, 11) is 0. The molecule has 148 valence electrons. The highest BCUT2D eigenvalue weighted by Gasteiger charge is 2.25. The van der Waals surface area contributed by atoms with Gasteiger partial charge < -0.3 is 15.8 Å². The van der Waals surface area contributed by atoms with Gasteiger partial charge in [-0.15, -0.1) is 0 Å². The molecule has 29 heavy (non-hydrogen) atoms. The topological polar surface area (TPSA) is 123 Å². The number of H-pyrrole nitrogens is 1. The van der Waals surface area contributed by atoms with Crippen molar-refractivity contribution in [1.82, 2.24) is 24.5 Å². The normalized spacial score (nSPS) is 19.8. The van der Waals surface area contributed by atoms with Gasteiger partial charge in [-0.05, 0) is 50.8 Å². The molecular formula is C21H22N6O2. The lowest BCUT2D eigenvalue weighted by atomic mass is 9.92. The number of nitrogens with zero attached hydrogens (tertiary/aromatic N) is 4. The lowest BCUT2D eigenvalue weighted by Crippen LogP contribution is -2.31. The lowest BCUT2D eigenvalue weighted by Gasteiger charge is -2.28. The molecule has 0 bridgehead atoms. The van der Waals surface area contributed by atoms with Crippen LogP contribution in [-0.2, 0) is 0 Å². The van der Waals surface area contributed by atoms with E-state index in [9.17, 15) is 9.90 Å². The Morgan fingerprint density at radius 2 is 2.00 bits per heavy atom. The van der Waals surface area contributed by atoms with Crippen LogP contribution < -0.4 is 11.3 Å². The van der Waals surface area contributed by atoms with Gasteiger partial charge in [0.05, 0.1) is 11.8 Å². The zero-order valence-corrected chi connectivity index (χ0v) is 16.1. The Hall–Kier alpha value is -3.26. The van der Waals surface area contributed by atoms with E-state index in [1.54, 1.807) is 10.8 Å². The van der Waals surface area contributed by atoms with Gasteiger partial charge in [0.25, 0.3) is 5.56 Å². The zero-order valence-electron chi connectivity index (χ0n) is 16.1. The van der Waals surface area contributed by atoms with Crippen LogP contribution in [0.4, 0.5) is 5.95 Å². The first-order valence-electron chi connectivity index (χ1n) is 9.82. The summed E-state index contributed by atoms with van der Waals surface area (Å²) < 4.78 is 1.75. The van der Waals surface area contributed by atoms with Crippen LogP contribution in [0.2, 0.25) is 0 Å². The number of aryl methyl sites for hydroxylation is 1. The summed E-state index contributed by atoms with van der Waals surface area (Å²) in [6, 6.07) is 5.70. The van der Waals surface area contributed by atoms with Gasteiger partial charge in [-0.1, -0.05) is 0 Å². The molecular weight excluding hydrogens is 368 g/mol. The van der Waals surface area contributed by atoms with Crippen LogP contribution in [-0.4, -0.2) is 35.7 Å². The number of rotatable bonds is 2. The number of aromatic nitrogens is 5. The van der Waals surface area contributed by atoms with Gasteiger partial charge in [0.1, 0.15) is 11.3 Å². The molecule has 8 heteroatoms. The van der Waals surface area contributed by atoms with Gasteiger partial charge in [-0.25, -0.2) is 9.97 Å². The number of nitrogen functional groups attached to an aromatic ring is 1. The number of aliphatic hydroxyl groups excluding tert-OH is 1. The number of hydrogen-bond donors (Lipinski definition) is 3. The van der Waals surface area contributed by atoms with E-state index in [1.165, 1.54) is 0 Å². The zero-order chi connectivity index (χ0) is 20.1. The van der Waals surface area contributed by atoms with E-state index in [0.29, 0.717) is 24.1 Å². The van der Waals surface area contributed by atoms with Crippen LogP contribution in [0, 0.1) is 6.92 Å². The third kappa shape index (κ3) is 2.96. The van der Waals surface area contributed by atoms with Crippen LogP contribution in [0.3, 0.4) is 0 Å². The maximum absolute atomic E-state index is 13.6. The standard InChI is InChI=1S/C21H22N6O2/c1-11-16-9-17(13-8-12-6-7-23-18(12)24-10-13)20(29)27(19(16)26-21(22)25-11)14-2-4-15(28)5-3-14/h6-10,14-15,28H,2-5H2,1H3,(H,23,24)(H2,22,25,26)/t14-,15+. The summed E-state index contributed by atoms with van der Waals surface area (Å²) in [6.45, 7) is 1.87. The highest BCUT2D eigenvalue weighted by Crippen LogP contribution is 2.32. The Morgan fingerprint density at radius 3 is 2.79 bits per heavy atom. The molecule has 4 heterocycles. The molecule has 4 aromatic rings. The minimum absolute atomic E-state index is 0.0361. The average molecular weight is 390 g/mol. The lowest BCUT2D eigenvalue weighted by molar-refractivity contribution is 0.111. The summed E-state index contributed by atoms with van der Waals surface area (Å²) in [5, 5.41) is 11.7. The Kier molecular flexibility index (Phi) is 4.09. The predicted molar refractivity (Wildman–Crippen MR) is 112 cm³/mol. The van der Waals surface area contributed by atoms with E-state index in [-0.39, 0.29) is 23.7 Å². The molecule has 0 amide bonds. The molecule has 1 aliphatic carbocycles. The molecule has 4 N–H and O–H groups in total. The molecule has 0 saturated heterocycles. The van der Waals surface area contributed by atoms with Gasteiger partial charge in [-0.2, -0.15) is 4.98 Å². The summed E-state index contributed by atoms with van der Waals surface area (Å²) >= 11 is 0. The molecule has 0 unspecified atom stereocenters. The second kappa shape index (κ2) is 6.66. The molecule has 1 aliphatic rings. The Labute approximate surface area is 166 Å². The fraction of sp³-hybridized carbons (Fsp3) is 0.333. The minimum Gasteiger partial charge on any atom is -0.393 e. The smallest absolute Gasteiger partial charge is 0.260 e. The third-order valence-corrected chi connectivity index (χ3v) is 5.84. The Balaban J connectivity index is 1.78. The van der Waals surface area contributed by atoms with E-state index < -0.39 is 0 Å². The number of aromatic amines is 1. The van der Waals surface area contributed by atoms with Gasteiger partial charge in [-0.3, -0.25) is 9.36 Å². The van der Waals surface area contributed by atoms with Crippen LogP contribution in [0.25, 0.3) is 33.2 Å². The predicted octanol–water partition coefficient (Wildman–Crippen LogP) is 2.70. The van der Waals surface area contributed by atoms with Crippen LogP contribution in [0.15, 0.2) is 35.4 Å². The summed E-state index contributed by atoms with van der Waals surface area (Å²) in [5.74, 6) is 0.155. The van der Waals surface area contributed by atoms with Gasteiger partial charge >= 0.3 is 0 Å². The Bertz CT molecular complexity index is 1280. The molecule has 1 fully saturated rings. The first-order valence-corrected chi connectivity index (χ1v) is 9.82. The van der Waals surface area contributed by atoms with Crippen molar-refractivity contribution in [2.75, 3.05) is 5.73 Å². The highest BCUT2D eigenvalue weighted by molar-refractivity contribution is 5.86. The molecule has 1 saturated carbocycles. The first kappa shape index (κ1) is 17.8. The molecule has 0 spiro atoms. The fourth-order valence-electron chi connectivity index (χ4n) is 4.32. The summed E-state index contributed by atoms with van der Waals surface area (Å²) in [6.07, 6.45) is 6.00. The maximum Gasteiger partial charge on any atom is 0.260 e. The van der Waals surface area contributed by atoms with E-state index >= 15 is 0 Å². The SMILES string of the molecule is Cc1nc(N)nc2c1cc(-c1cnc3[nH]ccc3c1)c(=O)n2[C@H]1CC[C@@H](O)CC1. The van der Waals surface area contributed by atoms with Crippen LogP contribution >= 0.6 is 0 Å². The summed E-state index contributed by atoms with van der Waals surface area (Å²) in [4.78, 5) is 29.8. The number of hydrogen-bond acceptors (Lipinski definition) is 6. The van der Waals surface area contributed by atoms with Crippen molar-refractivity contribution < 1.29 is 5.11 Å². The van der Waals surface area contributed by atoms with Crippen molar-refractivity contribution in [2.45, 2.75) is 44.8 Å². The minimum atomic E-state index is -0.307. The van der Waals surface area contributed by atoms with E-state index in [4.69, 9.17) is 5.73 Å². The average Bonchev–Trinajstić information content (AvgIpc) is 3.16. The number of anilines is 1. The van der Waals surface area contributed by atoms with Gasteiger partial charge in [0.15, 0.2) is 0 Å². The van der Waals surface area contributed by atoms with Crippen molar-refractivity contribution >= 4 is 28.0 Å². The monoisotopic (exact) mass is 390 g/mol. The van der Waals surface area contributed by atoms with Crippen molar-refractivity contribution in [3.8, 4) is 11.1 Å². The molecule has 0 radical (unpaired) electrons.